The van der Waals surface area contributed by atoms with Gasteiger partial charge in [-0.15, -0.1) is 0 Å². The second kappa shape index (κ2) is 9.31. The molecule has 3 amide bonds. The first-order valence-electron chi connectivity index (χ1n) is 11.6. The maximum Gasteiger partial charge on any atom is 0.255 e. The van der Waals surface area contributed by atoms with Gasteiger partial charge in [-0.05, 0) is 67.3 Å². The van der Waals surface area contributed by atoms with Gasteiger partial charge in [-0.3, -0.25) is 29.6 Å². The summed E-state index contributed by atoms with van der Waals surface area (Å²) in [6, 6.07) is 9.37. The fraction of sp³-hybridized carbons (Fsp3) is 0.440. The van der Waals surface area contributed by atoms with Gasteiger partial charge in [0.05, 0.1) is 0 Å². The zero-order valence-corrected chi connectivity index (χ0v) is 18.5. The molecule has 0 spiro atoms. The number of likely N-dealkylation sites (tertiary alicyclic amines) is 1. The smallest absolute Gasteiger partial charge is 0.255 e. The summed E-state index contributed by atoms with van der Waals surface area (Å²) in [6.07, 6.45) is 7.76. The van der Waals surface area contributed by atoms with E-state index in [2.05, 4.69) is 27.3 Å². The molecule has 8 nitrogen and oxygen atoms in total. The quantitative estimate of drug-likeness (QED) is 0.682. The van der Waals surface area contributed by atoms with Crippen molar-refractivity contribution in [2.75, 3.05) is 13.2 Å². The van der Waals surface area contributed by atoms with Crippen LogP contribution in [0.3, 0.4) is 0 Å². The maximum absolute atomic E-state index is 12.9. The van der Waals surface area contributed by atoms with E-state index in [1.165, 1.54) is 18.4 Å². The Bertz CT molecular complexity index is 1060. The summed E-state index contributed by atoms with van der Waals surface area (Å²) in [5.74, 6) is -0.102. The maximum atomic E-state index is 12.9. The Morgan fingerprint density at radius 1 is 1.06 bits per heavy atom. The first-order chi connectivity index (χ1) is 16.1. The molecule has 1 N–H and O–H groups in total. The number of aromatic nitrogens is 1. The van der Waals surface area contributed by atoms with Crippen molar-refractivity contribution in [2.45, 2.75) is 57.3 Å². The number of ether oxygens (including phenoxy) is 1. The summed E-state index contributed by atoms with van der Waals surface area (Å²) >= 11 is 0. The van der Waals surface area contributed by atoms with Gasteiger partial charge in [0, 0.05) is 43.5 Å². The van der Waals surface area contributed by atoms with Gasteiger partial charge in [0.2, 0.25) is 11.8 Å². The van der Waals surface area contributed by atoms with Crippen molar-refractivity contribution in [3.05, 3.63) is 59.4 Å². The molecule has 1 aromatic heterocycles. The van der Waals surface area contributed by atoms with E-state index in [4.69, 9.17) is 4.74 Å². The standard InChI is InChI=1S/C25H28N4O4/c30-23-7-6-22(24(31)27-23)29-15-18-13-20(4-5-21(18)25(29)32)33-16-19-3-1-2-12-28(19)14-17-8-10-26-11-9-17/h4-5,8-11,13,19,22H,1-3,6-7,12,14-16H2,(H,27,30,31)/t19-,22?/m0/s1. The highest BCUT2D eigenvalue weighted by Gasteiger charge is 2.39. The van der Waals surface area contributed by atoms with Crippen molar-refractivity contribution in [3.63, 3.8) is 0 Å². The molecule has 3 aliphatic heterocycles. The lowest BCUT2D eigenvalue weighted by molar-refractivity contribution is -0.136. The molecule has 5 rings (SSSR count). The predicted octanol–water partition coefficient (Wildman–Crippen LogP) is 2.28. The summed E-state index contributed by atoms with van der Waals surface area (Å²) in [5, 5.41) is 2.34. The molecule has 2 aromatic rings. The third-order valence-corrected chi connectivity index (χ3v) is 6.82. The Morgan fingerprint density at radius 3 is 2.73 bits per heavy atom. The van der Waals surface area contributed by atoms with Crippen LogP contribution in [0.15, 0.2) is 42.7 Å². The number of hydrogen-bond donors (Lipinski definition) is 1. The van der Waals surface area contributed by atoms with E-state index in [1.54, 1.807) is 11.0 Å². The van der Waals surface area contributed by atoms with Gasteiger partial charge < -0.3 is 9.64 Å². The van der Waals surface area contributed by atoms with E-state index in [0.29, 0.717) is 31.2 Å². The highest BCUT2D eigenvalue weighted by Crippen LogP contribution is 2.30. The van der Waals surface area contributed by atoms with Crippen molar-refractivity contribution in [1.29, 1.82) is 0 Å². The lowest BCUT2D eigenvalue weighted by atomic mass is 10.0. The number of carbonyl (C=O) groups is 3. The van der Waals surface area contributed by atoms with Crippen LogP contribution in [0.4, 0.5) is 0 Å². The molecule has 1 unspecified atom stereocenters. The Labute approximate surface area is 192 Å². The van der Waals surface area contributed by atoms with Crippen molar-refractivity contribution >= 4 is 17.7 Å². The Hall–Kier alpha value is -3.26. The van der Waals surface area contributed by atoms with Crippen LogP contribution < -0.4 is 10.1 Å². The van der Waals surface area contributed by atoms with Crippen LogP contribution in [0.1, 0.15) is 53.6 Å². The third kappa shape index (κ3) is 4.61. The topological polar surface area (TPSA) is 91.8 Å². The van der Waals surface area contributed by atoms with E-state index in [-0.39, 0.29) is 18.2 Å². The molecular weight excluding hydrogens is 420 g/mol. The summed E-state index contributed by atoms with van der Waals surface area (Å²) in [4.78, 5) is 44.7. The molecule has 172 valence electrons. The normalized spacial score (nSPS) is 23.4. The zero-order valence-electron chi connectivity index (χ0n) is 18.5. The van der Waals surface area contributed by atoms with Gasteiger partial charge in [0.1, 0.15) is 18.4 Å². The molecule has 33 heavy (non-hydrogen) atoms. The van der Waals surface area contributed by atoms with Crippen LogP contribution >= 0.6 is 0 Å². The number of nitrogens with zero attached hydrogens (tertiary/aromatic N) is 3. The van der Waals surface area contributed by atoms with Gasteiger partial charge in [-0.25, -0.2) is 0 Å². The Balaban J connectivity index is 1.23. The highest BCUT2D eigenvalue weighted by molar-refractivity contribution is 6.05. The lowest BCUT2D eigenvalue weighted by Crippen LogP contribution is -2.52. The number of benzene rings is 1. The third-order valence-electron chi connectivity index (χ3n) is 6.82. The number of imide groups is 1. The zero-order chi connectivity index (χ0) is 22.8. The molecule has 4 heterocycles. The van der Waals surface area contributed by atoms with E-state index >= 15 is 0 Å². The van der Waals surface area contributed by atoms with Crippen LogP contribution in [0, 0.1) is 0 Å². The average molecular weight is 449 g/mol. The minimum Gasteiger partial charge on any atom is -0.492 e. The number of nitrogens with one attached hydrogen (secondary N) is 1. The molecule has 2 saturated heterocycles. The molecule has 0 radical (unpaired) electrons. The fourth-order valence-corrected chi connectivity index (χ4v) is 5.01. The van der Waals surface area contributed by atoms with E-state index in [1.807, 2.05) is 24.5 Å². The van der Waals surface area contributed by atoms with Gasteiger partial charge in [0.25, 0.3) is 5.91 Å². The fourth-order valence-electron chi connectivity index (χ4n) is 5.01. The molecule has 0 bridgehead atoms. The number of carbonyl (C=O) groups excluding carboxylic acids is 3. The summed E-state index contributed by atoms with van der Waals surface area (Å²) in [6.45, 7) is 2.88. The average Bonchev–Trinajstić information content (AvgIpc) is 3.14. The van der Waals surface area contributed by atoms with Gasteiger partial charge in [-0.2, -0.15) is 0 Å². The van der Waals surface area contributed by atoms with Crippen LogP contribution in [-0.4, -0.2) is 57.7 Å². The van der Waals surface area contributed by atoms with E-state index in [9.17, 15) is 14.4 Å². The SMILES string of the molecule is O=C1CCC(N2Cc3cc(OC[C@@H]4CCCCN4Cc4ccncc4)ccc3C2=O)C(=O)N1. The summed E-state index contributed by atoms with van der Waals surface area (Å²) in [5.41, 5.74) is 2.71. The molecule has 1 aromatic carbocycles. The largest absolute Gasteiger partial charge is 0.492 e. The highest BCUT2D eigenvalue weighted by atomic mass is 16.5. The second-order valence-electron chi connectivity index (χ2n) is 9.01. The predicted molar refractivity (Wildman–Crippen MR) is 120 cm³/mol. The molecule has 8 heteroatoms. The Morgan fingerprint density at radius 2 is 1.91 bits per heavy atom. The minimum atomic E-state index is -0.601. The van der Waals surface area contributed by atoms with Crippen molar-refractivity contribution in [2.24, 2.45) is 0 Å². The van der Waals surface area contributed by atoms with Crippen LogP contribution in [0.2, 0.25) is 0 Å². The van der Waals surface area contributed by atoms with E-state index in [0.717, 1.165) is 30.8 Å². The van der Waals surface area contributed by atoms with Crippen molar-refractivity contribution in [1.82, 2.24) is 20.1 Å². The van der Waals surface area contributed by atoms with Gasteiger partial charge in [-0.1, -0.05) is 6.42 Å². The van der Waals surface area contributed by atoms with Gasteiger partial charge in [0.15, 0.2) is 0 Å². The molecule has 2 atom stereocenters. The molecule has 3 aliphatic rings. The number of fused-ring (bicyclic) bond motifs is 1. The summed E-state index contributed by atoms with van der Waals surface area (Å²) < 4.78 is 6.18. The minimum absolute atomic E-state index is 0.165. The van der Waals surface area contributed by atoms with Crippen LogP contribution in [0.5, 0.6) is 5.75 Å². The number of pyridine rings is 1. The van der Waals surface area contributed by atoms with E-state index < -0.39 is 11.9 Å². The number of rotatable bonds is 6. The van der Waals surface area contributed by atoms with Crippen LogP contribution in [0.25, 0.3) is 0 Å². The molecule has 2 fully saturated rings. The molecule has 0 aliphatic carbocycles. The summed E-state index contributed by atoms with van der Waals surface area (Å²) in [7, 11) is 0. The van der Waals surface area contributed by atoms with Crippen molar-refractivity contribution in [3.8, 4) is 5.75 Å². The lowest BCUT2D eigenvalue weighted by Gasteiger charge is -2.35. The monoisotopic (exact) mass is 448 g/mol. The number of hydrogen-bond acceptors (Lipinski definition) is 6. The second-order valence-corrected chi connectivity index (χ2v) is 9.01. The molecule has 0 saturated carbocycles. The van der Waals surface area contributed by atoms with Gasteiger partial charge >= 0.3 is 0 Å². The first kappa shape index (κ1) is 21.6. The first-order valence-corrected chi connectivity index (χ1v) is 11.6. The van der Waals surface area contributed by atoms with Crippen molar-refractivity contribution < 1.29 is 19.1 Å². The number of amides is 3. The number of piperidine rings is 2. The Kier molecular flexibility index (Phi) is 6.09. The molecular formula is C25H28N4O4. The van der Waals surface area contributed by atoms with Crippen LogP contribution in [-0.2, 0) is 22.7 Å².